The van der Waals surface area contributed by atoms with Crippen LogP contribution >= 0.6 is 0 Å². The Hall–Kier alpha value is -1.87. The molecule has 90 valence electrons. The molecule has 1 unspecified atom stereocenters. The Balaban J connectivity index is 2.04. The van der Waals surface area contributed by atoms with Crippen LogP contribution < -0.4 is 0 Å². The summed E-state index contributed by atoms with van der Waals surface area (Å²) in [5.41, 5.74) is 3.26. The van der Waals surface area contributed by atoms with Gasteiger partial charge in [0, 0.05) is 33.1 Å². The van der Waals surface area contributed by atoms with Crippen LogP contribution in [0.15, 0.2) is 64.1 Å². The van der Waals surface area contributed by atoms with E-state index >= 15 is 0 Å². The third-order valence-corrected chi connectivity index (χ3v) is 3.89. The predicted octanol–water partition coefficient (Wildman–Crippen LogP) is 3.79. The van der Waals surface area contributed by atoms with Crippen LogP contribution in [0.4, 0.5) is 0 Å². The van der Waals surface area contributed by atoms with Gasteiger partial charge in [-0.3, -0.25) is 4.21 Å². The molecule has 2 aliphatic rings. The molecule has 0 radical (unpaired) electrons. The number of benzene rings is 1. The van der Waals surface area contributed by atoms with E-state index in [1.165, 1.54) is 5.56 Å². The lowest BCUT2D eigenvalue weighted by Gasteiger charge is -2.05. The van der Waals surface area contributed by atoms with Crippen LogP contribution in [0.1, 0.15) is 0 Å². The molecule has 0 N–H and O–H groups in total. The lowest BCUT2D eigenvalue weighted by atomic mass is 10.1. The SMILES string of the molecule is CS(=O)c1ccc(-c2cc3cccc-3co2)cc1. The monoisotopic (exact) mass is 256 g/mol. The molecule has 3 heteroatoms. The molecule has 1 aromatic carbocycles. The summed E-state index contributed by atoms with van der Waals surface area (Å²) < 4.78 is 16.9. The molecule has 1 aliphatic heterocycles. The van der Waals surface area contributed by atoms with Crippen LogP contribution in [-0.2, 0) is 10.8 Å². The third kappa shape index (κ3) is 1.97. The van der Waals surface area contributed by atoms with Crippen molar-refractivity contribution in [1.82, 2.24) is 0 Å². The highest BCUT2D eigenvalue weighted by Crippen LogP contribution is 2.29. The van der Waals surface area contributed by atoms with Crippen molar-refractivity contribution in [2.75, 3.05) is 6.26 Å². The van der Waals surface area contributed by atoms with Crippen molar-refractivity contribution in [3.8, 4) is 22.5 Å². The van der Waals surface area contributed by atoms with Crippen molar-refractivity contribution in [3.05, 3.63) is 54.8 Å². The Morgan fingerprint density at radius 3 is 2.39 bits per heavy atom. The Labute approximate surface area is 108 Å². The van der Waals surface area contributed by atoms with Crippen LogP contribution in [0.2, 0.25) is 0 Å². The van der Waals surface area contributed by atoms with Gasteiger partial charge in [0.1, 0.15) is 5.76 Å². The minimum atomic E-state index is -0.940. The maximum absolute atomic E-state index is 11.3. The van der Waals surface area contributed by atoms with Crippen molar-refractivity contribution < 1.29 is 8.63 Å². The largest absolute Gasteiger partial charge is 0.464 e. The van der Waals surface area contributed by atoms with E-state index in [2.05, 4.69) is 6.07 Å². The van der Waals surface area contributed by atoms with E-state index in [4.69, 9.17) is 4.42 Å². The van der Waals surface area contributed by atoms with Gasteiger partial charge < -0.3 is 4.42 Å². The summed E-state index contributed by atoms with van der Waals surface area (Å²) in [6, 6.07) is 15.7. The Kier molecular flexibility index (Phi) is 2.76. The van der Waals surface area contributed by atoms with Crippen molar-refractivity contribution in [3.63, 3.8) is 0 Å². The molecule has 0 saturated carbocycles. The minimum Gasteiger partial charge on any atom is -0.464 e. The van der Waals surface area contributed by atoms with E-state index in [-0.39, 0.29) is 0 Å². The molecular formula is C15H12O2S. The number of hydrogen-bond acceptors (Lipinski definition) is 2. The van der Waals surface area contributed by atoms with Crippen molar-refractivity contribution >= 4 is 10.8 Å². The first-order valence-corrected chi connectivity index (χ1v) is 7.21. The minimum absolute atomic E-state index is 0.821. The summed E-state index contributed by atoms with van der Waals surface area (Å²) in [7, 11) is -0.940. The molecule has 18 heavy (non-hydrogen) atoms. The average molecular weight is 256 g/mol. The Bertz CT molecular complexity index is 667. The second-order valence-electron chi connectivity index (χ2n) is 4.16. The zero-order chi connectivity index (χ0) is 12.5. The van der Waals surface area contributed by atoms with Gasteiger partial charge in [0.2, 0.25) is 0 Å². The zero-order valence-electron chi connectivity index (χ0n) is 9.92. The van der Waals surface area contributed by atoms with Gasteiger partial charge in [-0.2, -0.15) is 0 Å². The smallest absolute Gasteiger partial charge is 0.134 e. The van der Waals surface area contributed by atoms with Crippen LogP contribution in [0.25, 0.3) is 22.5 Å². The first-order valence-electron chi connectivity index (χ1n) is 5.65. The molecule has 1 atom stereocenters. The molecule has 1 heterocycles. The number of rotatable bonds is 2. The summed E-state index contributed by atoms with van der Waals surface area (Å²) >= 11 is 0. The lowest BCUT2D eigenvalue weighted by Crippen LogP contribution is -1.87. The maximum atomic E-state index is 11.3. The highest BCUT2D eigenvalue weighted by molar-refractivity contribution is 7.84. The summed E-state index contributed by atoms with van der Waals surface area (Å²) in [4.78, 5) is 0.827. The highest BCUT2D eigenvalue weighted by Gasteiger charge is 2.07. The molecule has 1 aliphatic carbocycles. The second-order valence-corrected chi connectivity index (χ2v) is 5.54. The van der Waals surface area contributed by atoms with Crippen LogP contribution in [0.3, 0.4) is 0 Å². The number of fused-ring (bicyclic) bond motifs is 1. The maximum Gasteiger partial charge on any atom is 0.134 e. The van der Waals surface area contributed by atoms with Gasteiger partial charge in [-0.25, -0.2) is 0 Å². The zero-order valence-corrected chi connectivity index (χ0v) is 10.7. The van der Waals surface area contributed by atoms with E-state index in [0.717, 1.165) is 21.8 Å². The molecule has 2 nitrogen and oxygen atoms in total. The molecule has 0 amide bonds. The van der Waals surface area contributed by atoms with Crippen molar-refractivity contribution in [2.45, 2.75) is 4.90 Å². The average Bonchev–Trinajstić information content (AvgIpc) is 2.86. The van der Waals surface area contributed by atoms with Gasteiger partial charge in [-0.15, -0.1) is 0 Å². The fourth-order valence-electron chi connectivity index (χ4n) is 1.95. The molecular weight excluding hydrogens is 244 g/mol. The summed E-state index contributed by atoms with van der Waals surface area (Å²) in [6.45, 7) is 0. The molecule has 0 spiro atoms. The standard InChI is InChI=1S/C15H12O2S/c1-18(16)14-7-5-11(6-8-14)15-9-12-3-2-4-13(12)10-17-15/h2-10H,1H3. The summed E-state index contributed by atoms with van der Waals surface area (Å²) in [5.74, 6) is 0.821. The van der Waals surface area contributed by atoms with E-state index in [9.17, 15) is 4.21 Å². The van der Waals surface area contributed by atoms with Crippen molar-refractivity contribution in [2.24, 2.45) is 0 Å². The number of hydrogen-bond donors (Lipinski definition) is 0. The highest BCUT2D eigenvalue weighted by atomic mass is 32.2. The summed E-state index contributed by atoms with van der Waals surface area (Å²) in [6.07, 6.45) is 3.44. The van der Waals surface area contributed by atoms with E-state index in [0.29, 0.717) is 0 Å². The molecule has 1 aromatic rings. The van der Waals surface area contributed by atoms with Gasteiger partial charge in [0.25, 0.3) is 0 Å². The van der Waals surface area contributed by atoms with Gasteiger partial charge in [0.15, 0.2) is 0 Å². The van der Waals surface area contributed by atoms with Gasteiger partial charge in [0.05, 0.1) is 6.26 Å². The van der Waals surface area contributed by atoms with Crippen molar-refractivity contribution in [1.29, 1.82) is 0 Å². The first-order chi connectivity index (χ1) is 8.74. The normalized spacial score (nSPS) is 12.7. The van der Waals surface area contributed by atoms with Gasteiger partial charge in [-0.05, 0) is 23.8 Å². The van der Waals surface area contributed by atoms with E-state index in [1.807, 2.05) is 42.5 Å². The fourth-order valence-corrected chi connectivity index (χ4v) is 2.47. The third-order valence-electron chi connectivity index (χ3n) is 2.96. The van der Waals surface area contributed by atoms with E-state index in [1.54, 1.807) is 12.5 Å². The lowest BCUT2D eigenvalue weighted by molar-refractivity contribution is 0.568. The Morgan fingerprint density at radius 2 is 1.67 bits per heavy atom. The quantitative estimate of drug-likeness (QED) is 0.698. The molecule has 0 fully saturated rings. The van der Waals surface area contributed by atoms with Crippen LogP contribution in [0, 0.1) is 0 Å². The second kappa shape index (κ2) is 4.42. The topological polar surface area (TPSA) is 30.2 Å². The molecule has 0 bridgehead atoms. The van der Waals surface area contributed by atoms with Gasteiger partial charge >= 0.3 is 0 Å². The molecule has 3 rings (SSSR count). The van der Waals surface area contributed by atoms with Crippen LogP contribution in [0.5, 0.6) is 0 Å². The fraction of sp³-hybridized carbons (Fsp3) is 0.0667. The summed E-state index contributed by atoms with van der Waals surface area (Å²) in [5, 5.41) is 0. The predicted molar refractivity (Wildman–Crippen MR) is 73.1 cm³/mol. The molecule has 0 saturated heterocycles. The Morgan fingerprint density at radius 1 is 0.944 bits per heavy atom. The first kappa shape index (κ1) is 11.2. The van der Waals surface area contributed by atoms with E-state index < -0.39 is 10.8 Å². The molecule has 0 aromatic heterocycles. The van der Waals surface area contributed by atoms with Crippen LogP contribution in [-0.4, -0.2) is 10.5 Å². The van der Waals surface area contributed by atoms with Gasteiger partial charge in [-0.1, -0.05) is 30.3 Å².